The van der Waals surface area contributed by atoms with Gasteiger partial charge >= 0.3 is 0 Å². The first kappa shape index (κ1) is 16.2. The molecule has 0 amide bonds. The van der Waals surface area contributed by atoms with Crippen LogP contribution in [0.25, 0.3) is 50.4 Å². The molecule has 5 aromatic rings. The average Bonchev–Trinajstić information content (AvgIpc) is 3.52. The molecule has 0 saturated carbocycles. The van der Waals surface area contributed by atoms with E-state index in [0.29, 0.717) is 5.82 Å². The van der Waals surface area contributed by atoms with Gasteiger partial charge in [-0.1, -0.05) is 6.08 Å². The summed E-state index contributed by atoms with van der Waals surface area (Å²) in [6, 6.07) is 5.93. The smallest absolute Gasteiger partial charge is 0.159 e. The molecule has 0 aromatic carbocycles. The van der Waals surface area contributed by atoms with E-state index < -0.39 is 0 Å². The van der Waals surface area contributed by atoms with Crippen LogP contribution in [0.4, 0.5) is 0 Å². The molecule has 0 atom stereocenters. The van der Waals surface area contributed by atoms with Gasteiger partial charge in [-0.05, 0) is 42.3 Å². The van der Waals surface area contributed by atoms with Gasteiger partial charge < -0.3 is 14.7 Å². The summed E-state index contributed by atoms with van der Waals surface area (Å²) in [6.07, 6.45) is 10.2. The van der Waals surface area contributed by atoms with Crippen molar-refractivity contribution < 1.29 is 4.42 Å². The molecule has 6 heterocycles. The van der Waals surface area contributed by atoms with Crippen LogP contribution in [0.1, 0.15) is 12.0 Å². The van der Waals surface area contributed by atoms with Crippen LogP contribution >= 0.6 is 0 Å². The number of aromatic nitrogens is 6. The van der Waals surface area contributed by atoms with Crippen LogP contribution in [0.2, 0.25) is 0 Å². The number of hydrogen-bond donors (Lipinski definition) is 3. The van der Waals surface area contributed by atoms with Gasteiger partial charge in [0.2, 0.25) is 0 Å². The van der Waals surface area contributed by atoms with Crippen LogP contribution in [0, 0.1) is 0 Å². The van der Waals surface area contributed by atoms with Gasteiger partial charge in [-0.2, -0.15) is 5.10 Å². The molecule has 8 heteroatoms. The Bertz CT molecular complexity index is 1360. The maximum Gasteiger partial charge on any atom is 0.159 e. The molecule has 3 N–H and O–H groups in total. The van der Waals surface area contributed by atoms with Gasteiger partial charge in [0.05, 0.1) is 23.4 Å². The zero-order valence-corrected chi connectivity index (χ0v) is 15.4. The van der Waals surface area contributed by atoms with E-state index in [1.165, 1.54) is 5.57 Å². The number of pyridine rings is 2. The molecule has 0 unspecified atom stereocenters. The fourth-order valence-electron chi connectivity index (χ4n) is 3.80. The van der Waals surface area contributed by atoms with Gasteiger partial charge in [-0.25, -0.2) is 9.97 Å². The lowest BCUT2D eigenvalue weighted by Crippen LogP contribution is -2.20. The minimum Gasteiger partial charge on any atom is -0.472 e. The van der Waals surface area contributed by atoms with Crippen LogP contribution in [0.3, 0.4) is 0 Å². The molecule has 0 radical (unpaired) electrons. The van der Waals surface area contributed by atoms with Gasteiger partial charge in [-0.15, -0.1) is 0 Å². The summed E-state index contributed by atoms with van der Waals surface area (Å²) in [4.78, 5) is 17.2. The van der Waals surface area contributed by atoms with Gasteiger partial charge in [-0.3, -0.25) is 10.1 Å². The van der Waals surface area contributed by atoms with Crippen molar-refractivity contribution in [1.29, 1.82) is 0 Å². The number of nitrogens with zero attached hydrogens (tertiary/aromatic N) is 4. The molecule has 0 bridgehead atoms. The molecule has 142 valence electrons. The second kappa shape index (κ2) is 6.39. The van der Waals surface area contributed by atoms with E-state index in [0.717, 1.165) is 64.1 Å². The maximum absolute atomic E-state index is 5.21. The zero-order valence-electron chi connectivity index (χ0n) is 15.4. The van der Waals surface area contributed by atoms with E-state index in [9.17, 15) is 0 Å². The monoisotopic (exact) mass is 383 g/mol. The van der Waals surface area contributed by atoms with E-state index in [4.69, 9.17) is 9.40 Å². The van der Waals surface area contributed by atoms with Crippen LogP contribution in [-0.2, 0) is 0 Å². The lowest BCUT2D eigenvalue weighted by molar-refractivity contribution is 0.568. The number of H-pyrrole nitrogens is 2. The van der Waals surface area contributed by atoms with Gasteiger partial charge in [0.25, 0.3) is 0 Å². The molecule has 5 aromatic heterocycles. The maximum atomic E-state index is 5.21. The number of aromatic amines is 2. The molecule has 6 rings (SSSR count). The number of hydrogen-bond acceptors (Lipinski definition) is 6. The fraction of sp³-hybridized carbons (Fsp3) is 0.143. The standard InChI is InChI=1S/C21H17N7O/c1-5-22-6-2-12(1)14-9-15-18(27-28-20(15)24-10-14)21-25-16-3-7-23-17(19(16)26-21)13-4-8-29-11-13/h1,3-4,7-11,22H,2,5-6H2,(H,25,26)(H,24,27,28). The summed E-state index contributed by atoms with van der Waals surface area (Å²) in [5.41, 5.74) is 7.27. The Labute approximate surface area is 165 Å². The Morgan fingerprint density at radius 1 is 1.07 bits per heavy atom. The van der Waals surface area contributed by atoms with E-state index >= 15 is 0 Å². The molecule has 0 fully saturated rings. The number of furan rings is 1. The summed E-state index contributed by atoms with van der Waals surface area (Å²) in [5, 5.41) is 11.8. The Balaban J connectivity index is 1.50. The third-order valence-electron chi connectivity index (χ3n) is 5.27. The molecule has 1 aliphatic heterocycles. The predicted octanol–water partition coefficient (Wildman–Crippen LogP) is 3.53. The van der Waals surface area contributed by atoms with Crippen molar-refractivity contribution in [3.63, 3.8) is 0 Å². The van der Waals surface area contributed by atoms with Crippen LogP contribution < -0.4 is 5.32 Å². The Hall–Kier alpha value is -3.78. The number of nitrogens with one attached hydrogen (secondary N) is 3. The summed E-state index contributed by atoms with van der Waals surface area (Å²) in [6.45, 7) is 1.87. The first-order chi connectivity index (χ1) is 14.4. The second-order valence-electron chi connectivity index (χ2n) is 7.03. The molecular weight excluding hydrogens is 366 g/mol. The largest absolute Gasteiger partial charge is 0.472 e. The third kappa shape index (κ3) is 2.65. The normalized spacial score (nSPS) is 14.6. The van der Waals surface area contributed by atoms with E-state index in [1.54, 1.807) is 18.7 Å². The summed E-state index contributed by atoms with van der Waals surface area (Å²) in [7, 11) is 0. The summed E-state index contributed by atoms with van der Waals surface area (Å²) >= 11 is 0. The van der Waals surface area contributed by atoms with Gasteiger partial charge in [0, 0.05) is 24.5 Å². The average molecular weight is 383 g/mol. The quantitative estimate of drug-likeness (QED) is 0.440. The molecule has 0 spiro atoms. The van der Waals surface area contributed by atoms with Crippen molar-refractivity contribution in [2.24, 2.45) is 0 Å². The highest BCUT2D eigenvalue weighted by Gasteiger charge is 2.17. The predicted molar refractivity (Wildman–Crippen MR) is 110 cm³/mol. The first-order valence-corrected chi connectivity index (χ1v) is 9.49. The number of rotatable bonds is 3. The summed E-state index contributed by atoms with van der Waals surface area (Å²) < 4.78 is 5.21. The van der Waals surface area contributed by atoms with Crippen molar-refractivity contribution in [3.8, 4) is 22.8 Å². The number of imidazole rings is 1. The van der Waals surface area contributed by atoms with E-state index in [-0.39, 0.29) is 0 Å². The van der Waals surface area contributed by atoms with Crippen molar-refractivity contribution in [2.75, 3.05) is 13.1 Å². The number of fused-ring (bicyclic) bond motifs is 2. The van der Waals surface area contributed by atoms with Gasteiger partial charge in [0.1, 0.15) is 16.9 Å². The minimum absolute atomic E-state index is 0.683. The van der Waals surface area contributed by atoms with E-state index in [2.05, 4.69) is 42.6 Å². The third-order valence-corrected chi connectivity index (χ3v) is 5.27. The zero-order chi connectivity index (χ0) is 19.2. The lowest BCUT2D eigenvalue weighted by Gasteiger charge is -2.13. The SMILES string of the molecule is C1=C(c2cnc3[nH]nc(-c4nc5c(-c6ccoc6)nccc5[nH]4)c3c2)CCNC1. The molecule has 8 nitrogen and oxygen atoms in total. The highest BCUT2D eigenvalue weighted by atomic mass is 16.3. The molecule has 0 saturated heterocycles. The molecular formula is C21H17N7O. The van der Waals surface area contributed by atoms with Crippen molar-refractivity contribution in [2.45, 2.75) is 6.42 Å². The molecule has 29 heavy (non-hydrogen) atoms. The van der Waals surface area contributed by atoms with Crippen LogP contribution in [0.15, 0.2) is 53.6 Å². The Morgan fingerprint density at radius 2 is 2.07 bits per heavy atom. The van der Waals surface area contributed by atoms with Crippen LogP contribution in [-0.4, -0.2) is 43.2 Å². The Kier molecular flexibility index (Phi) is 3.57. The second-order valence-corrected chi connectivity index (χ2v) is 7.03. The van der Waals surface area contributed by atoms with Crippen molar-refractivity contribution >= 4 is 27.6 Å². The lowest BCUT2D eigenvalue weighted by atomic mass is 10.0. The van der Waals surface area contributed by atoms with Crippen molar-refractivity contribution in [1.82, 2.24) is 35.5 Å². The highest BCUT2D eigenvalue weighted by molar-refractivity contribution is 5.95. The molecule has 1 aliphatic rings. The van der Waals surface area contributed by atoms with Crippen LogP contribution in [0.5, 0.6) is 0 Å². The Morgan fingerprint density at radius 3 is 2.93 bits per heavy atom. The van der Waals surface area contributed by atoms with Gasteiger partial charge in [0.15, 0.2) is 11.5 Å². The van der Waals surface area contributed by atoms with Crippen molar-refractivity contribution in [3.05, 3.63) is 54.8 Å². The highest BCUT2D eigenvalue weighted by Crippen LogP contribution is 2.31. The summed E-state index contributed by atoms with van der Waals surface area (Å²) in [5.74, 6) is 0.683. The molecule has 0 aliphatic carbocycles. The first-order valence-electron chi connectivity index (χ1n) is 9.49. The minimum atomic E-state index is 0.683. The topological polar surface area (TPSA) is 108 Å². The fourth-order valence-corrected chi connectivity index (χ4v) is 3.80. The van der Waals surface area contributed by atoms with E-state index in [1.807, 2.05) is 18.3 Å².